The number of para-hydroxylation sites is 3. The van der Waals surface area contributed by atoms with Crippen LogP contribution < -0.4 is 0 Å². The average molecular weight is 806 g/mol. The van der Waals surface area contributed by atoms with E-state index in [1.165, 1.54) is 121 Å². The zero-order valence-corrected chi connectivity index (χ0v) is 35.7. The Bertz CT molecular complexity index is 3720. The van der Waals surface area contributed by atoms with Gasteiger partial charge >= 0.3 is 0 Å². The van der Waals surface area contributed by atoms with Gasteiger partial charge in [0.1, 0.15) is 0 Å². The second-order valence-corrected chi connectivity index (χ2v) is 18.9. The molecule has 0 bridgehead atoms. The highest BCUT2D eigenvalue weighted by Crippen LogP contribution is 2.52. The summed E-state index contributed by atoms with van der Waals surface area (Å²) in [5, 5.41) is 7.54. The molecule has 0 radical (unpaired) electrons. The number of benzene rings is 9. The largest absolute Gasteiger partial charge is 0.309 e. The Labute approximate surface area is 365 Å². The van der Waals surface area contributed by atoms with E-state index in [0.717, 1.165) is 5.69 Å². The molecule has 12 aromatic rings. The van der Waals surface area contributed by atoms with Crippen molar-refractivity contribution in [3.05, 3.63) is 210 Å². The molecule has 0 aliphatic heterocycles. The van der Waals surface area contributed by atoms with Crippen molar-refractivity contribution in [2.75, 3.05) is 0 Å². The first-order chi connectivity index (χ1) is 30.8. The quantitative estimate of drug-likeness (QED) is 0.169. The SMILES string of the molecule is CC1(C)c2ccccc2-c2cc(-n3c4ccccc4c4c3ccc3c5ccc6c(c7ccccc7n6-c6ccc7c(c6)-c6ccccc6C7(C)C)c5n(-c5ccccc5)c34)ccc21. The second kappa shape index (κ2) is 12.1. The van der Waals surface area contributed by atoms with Crippen LogP contribution in [-0.2, 0) is 10.8 Å². The first-order valence-electron chi connectivity index (χ1n) is 22.3. The van der Waals surface area contributed by atoms with Gasteiger partial charge in [-0.25, -0.2) is 0 Å². The summed E-state index contributed by atoms with van der Waals surface area (Å²) in [6.45, 7) is 9.43. The lowest BCUT2D eigenvalue weighted by molar-refractivity contribution is 0.660. The predicted octanol–water partition coefficient (Wildman–Crippen LogP) is 15.6. The molecule has 9 aromatic carbocycles. The van der Waals surface area contributed by atoms with E-state index in [1.807, 2.05) is 0 Å². The van der Waals surface area contributed by atoms with Crippen LogP contribution in [0.2, 0.25) is 0 Å². The molecule has 0 unspecified atom stereocenters. The molecule has 0 saturated carbocycles. The first-order valence-corrected chi connectivity index (χ1v) is 22.3. The summed E-state index contributed by atoms with van der Waals surface area (Å²) in [6.07, 6.45) is 0. The summed E-state index contributed by atoms with van der Waals surface area (Å²) in [6, 6.07) is 70.7. The van der Waals surface area contributed by atoms with Crippen LogP contribution in [0, 0.1) is 0 Å². The van der Waals surface area contributed by atoms with E-state index in [4.69, 9.17) is 0 Å². The molecular weight excluding hydrogens is 763 g/mol. The van der Waals surface area contributed by atoms with Gasteiger partial charge in [-0.3, -0.25) is 0 Å². The van der Waals surface area contributed by atoms with Gasteiger partial charge in [0.05, 0.1) is 33.1 Å². The molecule has 3 aromatic heterocycles. The average Bonchev–Trinajstić information content (AvgIpc) is 4.06. The third kappa shape index (κ3) is 4.39. The van der Waals surface area contributed by atoms with Crippen molar-refractivity contribution in [2.45, 2.75) is 38.5 Å². The predicted molar refractivity (Wildman–Crippen MR) is 265 cm³/mol. The lowest BCUT2D eigenvalue weighted by Gasteiger charge is -2.21. The number of hydrogen-bond acceptors (Lipinski definition) is 0. The Kier molecular flexibility index (Phi) is 6.70. The van der Waals surface area contributed by atoms with Crippen LogP contribution in [0.25, 0.3) is 105 Å². The second-order valence-electron chi connectivity index (χ2n) is 18.9. The Morgan fingerprint density at radius 2 is 0.698 bits per heavy atom. The molecule has 2 aliphatic rings. The number of aromatic nitrogens is 3. The van der Waals surface area contributed by atoms with Gasteiger partial charge in [0, 0.05) is 60.2 Å². The van der Waals surface area contributed by atoms with E-state index in [9.17, 15) is 0 Å². The van der Waals surface area contributed by atoms with Crippen molar-refractivity contribution in [3.8, 4) is 39.3 Å². The number of rotatable bonds is 3. The van der Waals surface area contributed by atoms with Crippen LogP contribution in [0.1, 0.15) is 49.9 Å². The van der Waals surface area contributed by atoms with E-state index in [-0.39, 0.29) is 10.8 Å². The molecule has 0 amide bonds. The molecule has 0 fully saturated rings. The summed E-state index contributed by atoms with van der Waals surface area (Å²) in [4.78, 5) is 0. The van der Waals surface area contributed by atoms with Crippen LogP contribution in [0.15, 0.2) is 188 Å². The van der Waals surface area contributed by atoms with Crippen LogP contribution in [0.5, 0.6) is 0 Å². The minimum atomic E-state index is -0.0502. The van der Waals surface area contributed by atoms with Crippen molar-refractivity contribution in [3.63, 3.8) is 0 Å². The van der Waals surface area contributed by atoms with Crippen molar-refractivity contribution >= 4 is 65.4 Å². The Balaban J connectivity index is 1.10. The third-order valence-electron chi connectivity index (χ3n) is 15.0. The van der Waals surface area contributed by atoms with E-state index in [0.29, 0.717) is 0 Å². The molecule has 14 rings (SSSR count). The molecule has 3 heterocycles. The Morgan fingerprint density at radius 3 is 1.19 bits per heavy atom. The fourth-order valence-electron chi connectivity index (χ4n) is 12.2. The molecular formula is C60H43N3. The Morgan fingerprint density at radius 1 is 0.286 bits per heavy atom. The van der Waals surface area contributed by atoms with E-state index in [1.54, 1.807) is 0 Å². The maximum absolute atomic E-state index is 2.58. The molecule has 0 atom stereocenters. The molecule has 0 spiro atoms. The summed E-state index contributed by atoms with van der Waals surface area (Å²) in [5.41, 5.74) is 21.6. The molecule has 0 N–H and O–H groups in total. The van der Waals surface area contributed by atoms with Crippen molar-refractivity contribution in [1.29, 1.82) is 0 Å². The minimum absolute atomic E-state index is 0.0502. The van der Waals surface area contributed by atoms with Gasteiger partial charge in [-0.2, -0.15) is 0 Å². The van der Waals surface area contributed by atoms with Crippen LogP contribution in [-0.4, -0.2) is 13.7 Å². The highest BCUT2D eigenvalue weighted by Gasteiger charge is 2.37. The van der Waals surface area contributed by atoms with Crippen molar-refractivity contribution in [1.82, 2.24) is 13.7 Å². The maximum atomic E-state index is 2.58. The van der Waals surface area contributed by atoms with Gasteiger partial charge in [0.25, 0.3) is 0 Å². The highest BCUT2D eigenvalue weighted by atomic mass is 15.0. The summed E-state index contributed by atoms with van der Waals surface area (Å²) in [7, 11) is 0. The van der Waals surface area contributed by atoms with Crippen molar-refractivity contribution < 1.29 is 0 Å². The van der Waals surface area contributed by atoms with E-state index >= 15 is 0 Å². The van der Waals surface area contributed by atoms with Crippen molar-refractivity contribution in [2.24, 2.45) is 0 Å². The number of nitrogens with zero attached hydrogens (tertiary/aromatic N) is 3. The fraction of sp³-hybridized carbons (Fsp3) is 0.100. The molecule has 3 nitrogen and oxygen atoms in total. The third-order valence-corrected chi connectivity index (χ3v) is 15.0. The monoisotopic (exact) mass is 805 g/mol. The van der Waals surface area contributed by atoms with Gasteiger partial charge in [-0.1, -0.05) is 155 Å². The van der Waals surface area contributed by atoms with Gasteiger partial charge in [0.2, 0.25) is 0 Å². The zero-order valence-electron chi connectivity index (χ0n) is 35.7. The molecule has 3 heteroatoms. The Hall–Kier alpha value is -7.62. The standard InChI is InChI=1S/C60H43N3/c1-59(2)47-22-12-8-18-39(47)45-34-37(26-30-49(45)59)61-51-24-14-10-20-43(51)55-53(61)32-28-41-42-29-33-54-56(58(42)63(57(41)55)36-16-6-5-7-17-36)44-21-11-15-25-52(44)62(54)38-27-31-50-46(35-38)40-19-9-13-23-48(40)60(50,3)4/h5-35H,1-4H3. The van der Waals surface area contributed by atoms with Crippen LogP contribution >= 0.6 is 0 Å². The molecule has 63 heavy (non-hydrogen) atoms. The topological polar surface area (TPSA) is 14.8 Å². The summed E-state index contributed by atoms with van der Waals surface area (Å²) in [5.74, 6) is 0. The first kappa shape index (κ1) is 35.0. The van der Waals surface area contributed by atoms with Gasteiger partial charge in [-0.15, -0.1) is 0 Å². The number of hydrogen-bond donors (Lipinski definition) is 0. The normalized spacial score (nSPS) is 14.6. The summed E-state index contributed by atoms with van der Waals surface area (Å²) < 4.78 is 7.58. The van der Waals surface area contributed by atoms with Gasteiger partial charge in [-0.05, 0) is 105 Å². The fourth-order valence-corrected chi connectivity index (χ4v) is 12.2. The minimum Gasteiger partial charge on any atom is -0.309 e. The molecule has 2 aliphatic carbocycles. The van der Waals surface area contributed by atoms with E-state index in [2.05, 4.69) is 229 Å². The van der Waals surface area contributed by atoms with Gasteiger partial charge < -0.3 is 13.7 Å². The zero-order chi connectivity index (χ0) is 41.9. The number of fused-ring (bicyclic) bond motifs is 17. The summed E-state index contributed by atoms with van der Waals surface area (Å²) >= 11 is 0. The molecule has 0 saturated heterocycles. The smallest absolute Gasteiger partial charge is 0.0641 e. The molecule has 298 valence electrons. The lowest BCUT2D eigenvalue weighted by Crippen LogP contribution is -2.14. The maximum Gasteiger partial charge on any atom is 0.0641 e. The van der Waals surface area contributed by atoms with Gasteiger partial charge in [0.15, 0.2) is 0 Å². The van der Waals surface area contributed by atoms with Crippen LogP contribution in [0.4, 0.5) is 0 Å². The van der Waals surface area contributed by atoms with Crippen LogP contribution in [0.3, 0.4) is 0 Å². The highest BCUT2D eigenvalue weighted by molar-refractivity contribution is 6.31. The lowest BCUT2D eigenvalue weighted by atomic mass is 9.82. The van der Waals surface area contributed by atoms with E-state index < -0.39 is 0 Å².